The standard InChI is InChI=1S/C12H12O2/c1-2-3-8-11-9-6-4-5-7-10(9)12(13)14-11/h3-8,11H,2H2,1H3/b8-3-. The molecule has 1 heterocycles. The van der Waals surface area contributed by atoms with Crippen molar-refractivity contribution in [3.8, 4) is 0 Å². The van der Waals surface area contributed by atoms with Crippen molar-refractivity contribution >= 4 is 5.97 Å². The number of benzene rings is 1. The molecule has 0 fully saturated rings. The predicted molar refractivity (Wildman–Crippen MR) is 54.0 cm³/mol. The molecule has 0 amide bonds. The van der Waals surface area contributed by atoms with Gasteiger partial charge >= 0.3 is 5.97 Å². The number of carbonyl (C=O) groups is 1. The van der Waals surface area contributed by atoms with Crippen LogP contribution in [0.15, 0.2) is 36.4 Å². The molecule has 0 saturated heterocycles. The van der Waals surface area contributed by atoms with Crippen molar-refractivity contribution < 1.29 is 9.53 Å². The number of cyclic esters (lactones) is 1. The van der Waals surface area contributed by atoms with Gasteiger partial charge in [-0.2, -0.15) is 0 Å². The normalized spacial score (nSPS) is 19.8. The first kappa shape index (κ1) is 9.00. The maximum atomic E-state index is 11.4. The van der Waals surface area contributed by atoms with Gasteiger partial charge in [0.25, 0.3) is 0 Å². The Kier molecular flexibility index (Phi) is 2.35. The molecule has 0 bridgehead atoms. The molecule has 1 aromatic rings. The van der Waals surface area contributed by atoms with Gasteiger partial charge in [0, 0.05) is 5.56 Å². The van der Waals surface area contributed by atoms with E-state index in [-0.39, 0.29) is 12.1 Å². The third kappa shape index (κ3) is 1.43. The van der Waals surface area contributed by atoms with Gasteiger partial charge < -0.3 is 4.74 Å². The molecule has 2 nitrogen and oxygen atoms in total. The zero-order valence-electron chi connectivity index (χ0n) is 8.07. The molecule has 0 aromatic heterocycles. The minimum absolute atomic E-state index is 0.182. The van der Waals surface area contributed by atoms with Crippen molar-refractivity contribution in [3.63, 3.8) is 0 Å². The van der Waals surface area contributed by atoms with Crippen LogP contribution in [-0.2, 0) is 4.74 Å². The number of allylic oxidation sites excluding steroid dienone is 1. The van der Waals surface area contributed by atoms with Crippen LogP contribution in [0.2, 0.25) is 0 Å². The minimum Gasteiger partial charge on any atom is -0.450 e. The van der Waals surface area contributed by atoms with Gasteiger partial charge in [0.1, 0.15) is 6.10 Å². The van der Waals surface area contributed by atoms with Gasteiger partial charge in [-0.15, -0.1) is 0 Å². The molecule has 1 aromatic carbocycles. The summed E-state index contributed by atoms with van der Waals surface area (Å²) in [6, 6.07) is 7.52. The quantitative estimate of drug-likeness (QED) is 0.527. The summed E-state index contributed by atoms with van der Waals surface area (Å²) in [5, 5.41) is 0. The van der Waals surface area contributed by atoms with Crippen LogP contribution in [0.25, 0.3) is 0 Å². The monoisotopic (exact) mass is 188 g/mol. The number of ether oxygens (including phenoxy) is 1. The molecule has 0 spiro atoms. The van der Waals surface area contributed by atoms with Crippen molar-refractivity contribution in [2.75, 3.05) is 0 Å². The number of hydrogen-bond acceptors (Lipinski definition) is 2. The second-order valence-corrected chi connectivity index (χ2v) is 3.25. The average Bonchev–Trinajstić information content (AvgIpc) is 2.54. The largest absolute Gasteiger partial charge is 0.450 e. The zero-order valence-corrected chi connectivity index (χ0v) is 8.07. The fraction of sp³-hybridized carbons (Fsp3) is 0.250. The minimum atomic E-state index is -0.216. The predicted octanol–water partition coefficient (Wildman–Crippen LogP) is 2.86. The summed E-state index contributed by atoms with van der Waals surface area (Å²) in [6.45, 7) is 2.05. The number of fused-ring (bicyclic) bond motifs is 1. The van der Waals surface area contributed by atoms with E-state index in [4.69, 9.17) is 4.74 Å². The van der Waals surface area contributed by atoms with Crippen molar-refractivity contribution in [2.24, 2.45) is 0 Å². The maximum Gasteiger partial charge on any atom is 0.339 e. The van der Waals surface area contributed by atoms with E-state index in [0.717, 1.165) is 12.0 Å². The molecule has 0 radical (unpaired) electrons. The first-order chi connectivity index (χ1) is 6.83. The number of esters is 1. The zero-order chi connectivity index (χ0) is 9.97. The van der Waals surface area contributed by atoms with E-state index in [1.807, 2.05) is 30.4 Å². The highest BCUT2D eigenvalue weighted by atomic mass is 16.5. The molecule has 1 unspecified atom stereocenters. The Morgan fingerprint density at radius 3 is 3.00 bits per heavy atom. The smallest absolute Gasteiger partial charge is 0.339 e. The molecule has 2 heteroatoms. The second kappa shape index (κ2) is 3.66. The molecular formula is C12H12O2. The Morgan fingerprint density at radius 2 is 2.21 bits per heavy atom. The van der Waals surface area contributed by atoms with E-state index in [9.17, 15) is 4.79 Å². The highest BCUT2D eigenvalue weighted by Gasteiger charge is 2.28. The van der Waals surface area contributed by atoms with Crippen LogP contribution in [0.5, 0.6) is 0 Å². The Morgan fingerprint density at radius 1 is 1.43 bits per heavy atom. The van der Waals surface area contributed by atoms with Crippen molar-refractivity contribution in [3.05, 3.63) is 47.5 Å². The Hall–Kier alpha value is -1.57. The van der Waals surface area contributed by atoms with Crippen LogP contribution in [0.4, 0.5) is 0 Å². The van der Waals surface area contributed by atoms with Crippen molar-refractivity contribution in [1.82, 2.24) is 0 Å². The van der Waals surface area contributed by atoms with Gasteiger partial charge in [0.05, 0.1) is 5.56 Å². The first-order valence-corrected chi connectivity index (χ1v) is 4.79. The van der Waals surface area contributed by atoms with Crippen LogP contribution < -0.4 is 0 Å². The second-order valence-electron chi connectivity index (χ2n) is 3.25. The highest BCUT2D eigenvalue weighted by molar-refractivity contribution is 5.94. The Bertz CT molecular complexity index is 380. The van der Waals surface area contributed by atoms with E-state index >= 15 is 0 Å². The van der Waals surface area contributed by atoms with Gasteiger partial charge in [0.15, 0.2) is 0 Å². The third-order valence-corrected chi connectivity index (χ3v) is 2.27. The fourth-order valence-electron chi connectivity index (χ4n) is 1.58. The van der Waals surface area contributed by atoms with Crippen LogP contribution in [0.1, 0.15) is 35.4 Å². The topological polar surface area (TPSA) is 26.3 Å². The maximum absolute atomic E-state index is 11.4. The lowest BCUT2D eigenvalue weighted by Gasteiger charge is -2.03. The van der Waals surface area contributed by atoms with E-state index in [1.54, 1.807) is 6.07 Å². The summed E-state index contributed by atoms with van der Waals surface area (Å²) in [6.07, 6.45) is 4.72. The molecule has 1 atom stereocenters. The van der Waals surface area contributed by atoms with Gasteiger partial charge in [-0.05, 0) is 18.6 Å². The molecule has 2 rings (SSSR count). The summed E-state index contributed by atoms with van der Waals surface area (Å²) in [5.41, 5.74) is 1.67. The van der Waals surface area contributed by atoms with E-state index < -0.39 is 0 Å². The summed E-state index contributed by atoms with van der Waals surface area (Å²) in [5.74, 6) is -0.216. The highest BCUT2D eigenvalue weighted by Crippen LogP contribution is 2.31. The van der Waals surface area contributed by atoms with Gasteiger partial charge in [-0.25, -0.2) is 4.79 Å². The first-order valence-electron chi connectivity index (χ1n) is 4.79. The Balaban J connectivity index is 2.34. The Labute approximate surface area is 83.2 Å². The van der Waals surface area contributed by atoms with Crippen LogP contribution in [-0.4, -0.2) is 5.97 Å². The van der Waals surface area contributed by atoms with Crippen molar-refractivity contribution in [2.45, 2.75) is 19.4 Å². The fourth-order valence-corrected chi connectivity index (χ4v) is 1.58. The number of carbonyl (C=O) groups excluding carboxylic acids is 1. The van der Waals surface area contributed by atoms with Crippen LogP contribution in [0.3, 0.4) is 0 Å². The molecule has 1 aliphatic rings. The number of rotatable bonds is 2. The summed E-state index contributed by atoms with van der Waals surface area (Å²) in [7, 11) is 0. The van der Waals surface area contributed by atoms with Crippen molar-refractivity contribution in [1.29, 1.82) is 0 Å². The molecule has 72 valence electrons. The molecule has 0 N–H and O–H groups in total. The number of hydrogen-bond donors (Lipinski definition) is 0. The van der Waals surface area contributed by atoms with Gasteiger partial charge in [-0.3, -0.25) is 0 Å². The van der Waals surface area contributed by atoms with E-state index in [1.165, 1.54) is 0 Å². The summed E-state index contributed by atoms with van der Waals surface area (Å²) < 4.78 is 5.21. The molecular weight excluding hydrogens is 176 g/mol. The third-order valence-electron chi connectivity index (χ3n) is 2.27. The molecule has 0 aliphatic carbocycles. The molecule has 0 saturated carbocycles. The van der Waals surface area contributed by atoms with E-state index in [0.29, 0.717) is 5.56 Å². The average molecular weight is 188 g/mol. The van der Waals surface area contributed by atoms with Gasteiger partial charge in [-0.1, -0.05) is 31.2 Å². The van der Waals surface area contributed by atoms with E-state index in [2.05, 4.69) is 6.92 Å². The lowest BCUT2D eigenvalue weighted by molar-refractivity contribution is 0.0467. The molecule has 1 aliphatic heterocycles. The summed E-state index contributed by atoms with van der Waals surface area (Å²) in [4.78, 5) is 11.4. The lowest BCUT2D eigenvalue weighted by atomic mass is 10.1. The lowest BCUT2D eigenvalue weighted by Crippen LogP contribution is -1.95. The summed E-state index contributed by atoms with van der Waals surface area (Å²) >= 11 is 0. The van der Waals surface area contributed by atoms with Crippen LogP contribution >= 0.6 is 0 Å². The SMILES string of the molecule is CC/C=C\C1OC(=O)c2ccccc21. The molecule has 14 heavy (non-hydrogen) atoms. The van der Waals surface area contributed by atoms with Crippen LogP contribution in [0, 0.1) is 0 Å². The van der Waals surface area contributed by atoms with Gasteiger partial charge in [0.2, 0.25) is 0 Å².